The summed E-state index contributed by atoms with van der Waals surface area (Å²) >= 11 is 0. The van der Waals surface area contributed by atoms with Crippen LogP contribution in [0.3, 0.4) is 0 Å². The Balaban J connectivity index is 2.57. The summed E-state index contributed by atoms with van der Waals surface area (Å²) in [5, 5.41) is 0. The van der Waals surface area contributed by atoms with E-state index in [1.165, 1.54) is 0 Å². The summed E-state index contributed by atoms with van der Waals surface area (Å²) in [7, 11) is 1.57. The smallest absolute Gasteiger partial charge is 0.224 e. The number of ether oxygens (including phenoxy) is 1. The molecule has 0 aliphatic carbocycles. The molecule has 0 fully saturated rings. The lowest BCUT2D eigenvalue weighted by molar-refractivity contribution is -0.117. The molecule has 5 nitrogen and oxygen atoms in total. The normalized spacial score (nSPS) is 26.7. The van der Waals surface area contributed by atoms with E-state index < -0.39 is 0 Å². The fraction of sp³-hybridized carbons (Fsp3) is 0.538. The minimum absolute atomic E-state index is 0.00877. The molecular formula is C13H19N3O2. The van der Waals surface area contributed by atoms with Gasteiger partial charge in [-0.2, -0.15) is 0 Å². The molecule has 3 atom stereocenters. The second-order valence-corrected chi connectivity index (χ2v) is 4.77. The maximum Gasteiger partial charge on any atom is 0.224 e. The molecule has 1 aliphatic heterocycles. The summed E-state index contributed by atoms with van der Waals surface area (Å²) in [5.74, 6) is 0.685. The summed E-state index contributed by atoms with van der Waals surface area (Å²) in [5.41, 5.74) is 7.73. The molecule has 0 spiro atoms. The molecular weight excluding hydrogens is 230 g/mol. The maximum absolute atomic E-state index is 11.8. The number of methoxy groups -OCH3 is 1. The molecule has 1 aliphatic rings. The number of hydrogen-bond acceptors (Lipinski definition) is 4. The molecule has 5 heteroatoms. The Labute approximate surface area is 107 Å². The van der Waals surface area contributed by atoms with Gasteiger partial charge in [0.15, 0.2) is 0 Å². The van der Waals surface area contributed by atoms with E-state index in [0.717, 1.165) is 11.4 Å². The van der Waals surface area contributed by atoms with Gasteiger partial charge < -0.3 is 15.4 Å². The lowest BCUT2D eigenvalue weighted by atomic mass is 9.86. The third kappa shape index (κ3) is 1.84. The van der Waals surface area contributed by atoms with E-state index in [9.17, 15) is 4.79 Å². The molecule has 0 bridgehead atoms. The number of hydrogen-bond donors (Lipinski definition) is 1. The van der Waals surface area contributed by atoms with Gasteiger partial charge in [-0.1, -0.05) is 6.92 Å². The highest BCUT2D eigenvalue weighted by molar-refractivity contribution is 5.93. The molecule has 1 aromatic heterocycles. The number of anilines is 1. The van der Waals surface area contributed by atoms with E-state index in [-0.39, 0.29) is 23.9 Å². The van der Waals surface area contributed by atoms with Gasteiger partial charge in [-0.25, -0.2) is 4.98 Å². The van der Waals surface area contributed by atoms with Crippen LogP contribution in [0, 0.1) is 5.92 Å². The Bertz CT molecular complexity index is 475. The summed E-state index contributed by atoms with van der Waals surface area (Å²) < 4.78 is 5.12. The van der Waals surface area contributed by atoms with Crippen molar-refractivity contribution in [2.45, 2.75) is 32.9 Å². The van der Waals surface area contributed by atoms with Gasteiger partial charge in [-0.05, 0) is 18.9 Å². The minimum atomic E-state index is -0.180. The van der Waals surface area contributed by atoms with E-state index in [4.69, 9.17) is 10.5 Å². The van der Waals surface area contributed by atoms with Crippen LogP contribution in [0.15, 0.2) is 12.1 Å². The van der Waals surface area contributed by atoms with Gasteiger partial charge in [0.05, 0.1) is 24.5 Å². The van der Waals surface area contributed by atoms with Gasteiger partial charge >= 0.3 is 0 Å². The third-order valence-electron chi connectivity index (χ3n) is 3.74. The number of rotatable bonds is 1. The van der Waals surface area contributed by atoms with Crippen LogP contribution >= 0.6 is 0 Å². The summed E-state index contributed by atoms with van der Waals surface area (Å²) in [6, 6.07) is 3.50. The fourth-order valence-corrected chi connectivity index (χ4v) is 2.47. The van der Waals surface area contributed by atoms with Crippen molar-refractivity contribution in [3.63, 3.8) is 0 Å². The van der Waals surface area contributed by atoms with Crippen molar-refractivity contribution in [2.75, 3.05) is 12.0 Å². The standard InChI is InChI=1S/C13H19N3O2/c1-7-8(2)16(9(3)17)10-5-6-11(18-4)15-13(10)12(7)14/h5-8,12H,14H2,1-4H3/t7-,8-,12+/m0/s1. The van der Waals surface area contributed by atoms with Crippen LogP contribution in [0.2, 0.25) is 0 Å². The average Bonchev–Trinajstić information content (AvgIpc) is 2.35. The zero-order valence-electron chi connectivity index (χ0n) is 11.2. The maximum atomic E-state index is 11.8. The van der Waals surface area contributed by atoms with E-state index in [2.05, 4.69) is 4.98 Å². The first-order valence-electron chi connectivity index (χ1n) is 6.07. The van der Waals surface area contributed by atoms with E-state index in [0.29, 0.717) is 5.88 Å². The molecule has 2 heterocycles. The first-order chi connectivity index (χ1) is 8.47. The highest BCUT2D eigenvalue weighted by Gasteiger charge is 2.37. The quantitative estimate of drug-likeness (QED) is 0.818. The van der Waals surface area contributed by atoms with E-state index >= 15 is 0 Å². The highest BCUT2D eigenvalue weighted by atomic mass is 16.5. The SMILES string of the molecule is COc1ccc2c(n1)[C@H](N)[C@@H](C)[C@H](C)N2C(C)=O. The molecule has 1 aromatic rings. The largest absolute Gasteiger partial charge is 0.481 e. The molecule has 0 saturated carbocycles. The number of carbonyl (C=O) groups excluding carboxylic acids is 1. The molecule has 2 N–H and O–H groups in total. The first kappa shape index (κ1) is 12.8. The van der Waals surface area contributed by atoms with E-state index in [1.54, 1.807) is 25.0 Å². The topological polar surface area (TPSA) is 68.5 Å². The van der Waals surface area contributed by atoms with Gasteiger partial charge in [0, 0.05) is 19.0 Å². The number of nitrogens with zero attached hydrogens (tertiary/aromatic N) is 2. The zero-order chi connectivity index (χ0) is 13.4. The summed E-state index contributed by atoms with van der Waals surface area (Å²) in [4.78, 5) is 18.0. The van der Waals surface area contributed by atoms with E-state index in [1.807, 2.05) is 19.9 Å². The highest BCUT2D eigenvalue weighted by Crippen LogP contribution is 2.39. The second-order valence-electron chi connectivity index (χ2n) is 4.77. The van der Waals surface area contributed by atoms with Crippen LogP contribution in [-0.2, 0) is 4.79 Å². The summed E-state index contributed by atoms with van der Waals surface area (Å²) in [6.07, 6.45) is 0. The molecule has 0 saturated heterocycles. The van der Waals surface area contributed by atoms with Gasteiger partial charge in [0.25, 0.3) is 0 Å². The Hall–Kier alpha value is -1.62. The van der Waals surface area contributed by atoms with Crippen LogP contribution in [0.25, 0.3) is 0 Å². The Morgan fingerprint density at radius 1 is 1.44 bits per heavy atom. The van der Waals surface area contributed by atoms with Crippen molar-refractivity contribution in [1.82, 2.24) is 4.98 Å². The Morgan fingerprint density at radius 2 is 2.11 bits per heavy atom. The predicted molar refractivity (Wildman–Crippen MR) is 69.5 cm³/mol. The van der Waals surface area contributed by atoms with Crippen molar-refractivity contribution in [3.05, 3.63) is 17.8 Å². The lowest BCUT2D eigenvalue weighted by Gasteiger charge is -2.41. The zero-order valence-corrected chi connectivity index (χ0v) is 11.2. The Kier molecular flexibility index (Phi) is 3.26. The van der Waals surface area contributed by atoms with Crippen molar-refractivity contribution >= 4 is 11.6 Å². The number of aromatic nitrogens is 1. The van der Waals surface area contributed by atoms with Crippen LogP contribution in [0.5, 0.6) is 5.88 Å². The van der Waals surface area contributed by atoms with Crippen molar-refractivity contribution in [1.29, 1.82) is 0 Å². The minimum Gasteiger partial charge on any atom is -0.481 e. The van der Waals surface area contributed by atoms with Crippen LogP contribution < -0.4 is 15.4 Å². The molecule has 0 unspecified atom stereocenters. The number of amides is 1. The van der Waals surface area contributed by atoms with Crippen molar-refractivity contribution in [3.8, 4) is 5.88 Å². The van der Waals surface area contributed by atoms with Crippen LogP contribution in [0.4, 0.5) is 5.69 Å². The van der Waals surface area contributed by atoms with Crippen LogP contribution in [0.1, 0.15) is 32.5 Å². The molecule has 0 aromatic carbocycles. The average molecular weight is 249 g/mol. The predicted octanol–water partition coefficient (Wildman–Crippen LogP) is 1.48. The van der Waals surface area contributed by atoms with Gasteiger partial charge in [-0.3, -0.25) is 4.79 Å². The molecule has 98 valence electrons. The monoisotopic (exact) mass is 249 g/mol. The first-order valence-corrected chi connectivity index (χ1v) is 6.07. The Morgan fingerprint density at radius 3 is 2.67 bits per heavy atom. The van der Waals surface area contributed by atoms with Gasteiger partial charge in [-0.15, -0.1) is 0 Å². The number of fused-ring (bicyclic) bond motifs is 1. The second kappa shape index (κ2) is 4.57. The van der Waals surface area contributed by atoms with Gasteiger partial charge in [0.2, 0.25) is 11.8 Å². The number of nitrogens with two attached hydrogens (primary N) is 1. The lowest BCUT2D eigenvalue weighted by Crippen LogP contribution is -2.49. The molecule has 18 heavy (non-hydrogen) atoms. The van der Waals surface area contributed by atoms with Crippen LogP contribution in [-0.4, -0.2) is 24.0 Å². The number of pyridine rings is 1. The molecule has 1 amide bonds. The molecule has 2 rings (SSSR count). The van der Waals surface area contributed by atoms with Crippen molar-refractivity contribution < 1.29 is 9.53 Å². The third-order valence-corrected chi connectivity index (χ3v) is 3.74. The summed E-state index contributed by atoms with van der Waals surface area (Å²) in [6.45, 7) is 5.61. The number of carbonyl (C=O) groups is 1. The van der Waals surface area contributed by atoms with Gasteiger partial charge in [0.1, 0.15) is 0 Å². The van der Waals surface area contributed by atoms with Crippen molar-refractivity contribution in [2.24, 2.45) is 11.7 Å². The fourth-order valence-electron chi connectivity index (χ4n) is 2.47. The molecule has 0 radical (unpaired) electrons.